The normalized spacial score (nSPS) is 14.0. The highest BCUT2D eigenvalue weighted by Gasteiger charge is 2.29. The summed E-state index contributed by atoms with van der Waals surface area (Å²) in [7, 11) is 0. The van der Waals surface area contributed by atoms with E-state index in [-0.39, 0.29) is 23.4 Å². The van der Waals surface area contributed by atoms with Crippen LogP contribution in [0.5, 0.6) is 0 Å². The number of oxazole rings is 1. The second-order valence-electron chi connectivity index (χ2n) is 8.19. The van der Waals surface area contributed by atoms with E-state index in [4.69, 9.17) is 8.83 Å². The molecule has 1 amide bonds. The fraction of sp³-hybridized carbons (Fsp3) is 0.231. The van der Waals surface area contributed by atoms with Crippen molar-refractivity contribution in [1.29, 1.82) is 5.26 Å². The van der Waals surface area contributed by atoms with E-state index in [2.05, 4.69) is 27.4 Å². The number of piperidine rings is 1. The predicted octanol–water partition coefficient (Wildman–Crippen LogP) is 5.35. The largest absolute Gasteiger partial charge is 0.459 e. The Labute approximate surface area is 207 Å². The standard InChI is InChI=1S/C26H23N5O3S/c27-15-22-26(34-25(30-22)23-4-2-14-33-23)31-12-9-19(10-13-31)24(32)29-20-5-7-21(8-6-20)35-17-18-3-1-11-28-16-18/h1-8,11,14,16,19H,9-10,12-13,17H2,(H,29,32). The molecule has 5 rings (SSSR count). The van der Waals surface area contributed by atoms with Crippen LogP contribution >= 0.6 is 11.8 Å². The van der Waals surface area contributed by atoms with Gasteiger partial charge in [-0.25, -0.2) is 0 Å². The summed E-state index contributed by atoms with van der Waals surface area (Å²) in [6.07, 6.45) is 6.49. The van der Waals surface area contributed by atoms with Gasteiger partial charge in [0.05, 0.1) is 6.26 Å². The summed E-state index contributed by atoms with van der Waals surface area (Å²) in [4.78, 5) is 24.3. The van der Waals surface area contributed by atoms with Gasteiger partial charge in [-0.05, 0) is 60.9 Å². The molecule has 0 spiro atoms. The Morgan fingerprint density at radius 2 is 2.00 bits per heavy atom. The molecule has 1 aromatic carbocycles. The summed E-state index contributed by atoms with van der Waals surface area (Å²) in [6.45, 7) is 1.20. The average molecular weight is 486 g/mol. The zero-order chi connectivity index (χ0) is 24.0. The quantitative estimate of drug-likeness (QED) is 0.349. The molecule has 0 atom stereocenters. The van der Waals surface area contributed by atoms with Gasteiger partial charge in [-0.15, -0.1) is 11.8 Å². The summed E-state index contributed by atoms with van der Waals surface area (Å²) in [5.74, 6) is 1.93. The first-order valence-corrected chi connectivity index (χ1v) is 12.3. The number of benzene rings is 1. The van der Waals surface area contributed by atoms with Gasteiger partial charge in [-0.2, -0.15) is 10.2 Å². The molecule has 1 saturated heterocycles. The second-order valence-corrected chi connectivity index (χ2v) is 9.24. The van der Waals surface area contributed by atoms with Crippen molar-refractivity contribution in [2.75, 3.05) is 23.3 Å². The van der Waals surface area contributed by atoms with Crippen molar-refractivity contribution in [2.45, 2.75) is 23.5 Å². The molecule has 176 valence electrons. The van der Waals surface area contributed by atoms with Crippen LogP contribution in [0.3, 0.4) is 0 Å². The number of pyridine rings is 1. The number of nitriles is 1. The molecule has 0 unspecified atom stereocenters. The van der Waals surface area contributed by atoms with Gasteiger partial charge < -0.3 is 19.1 Å². The maximum absolute atomic E-state index is 12.8. The zero-order valence-corrected chi connectivity index (χ0v) is 19.7. The Bertz CT molecular complexity index is 1310. The first-order chi connectivity index (χ1) is 17.2. The Hall–Kier alpha value is -4.03. The summed E-state index contributed by atoms with van der Waals surface area (Å²) in [5, 5.41) is 12.5. The van der Waals surface area contributed by atoms with Crippen LogP contribution in [0.4, 0.5) is 11.6 Å². The van der Waals surface area contributed by atoms with E-state index in [0.717, 1.165) is 16.3 Å². The lowest BCUT2D eigenvalue weighted by Gasteiger charge is -2.30. The molecule has 1 aliphatic heterocycles. The van der Waals surface area contributed by atoms with Crippen LogP contribution in [0.25, 0.3) is 11.7 Å². The van der Waals surface area contributed by atoms with Gasteiger partial charge in [-0.1, -0.05) is 6.07 Å². The van der Waals surface area contributed by atoms with Crippen LogP contribution in [0.2, 0.25) is 0 Å². The smallest absolute Gasteiger partial charge is 0.266 e. The van der Waals surface area contributed by atoms with Gasteiger partial charge in [0.2, 0.25) is 17.5 Å². The third kappa shape index (κ3) is 5.39. The minimum atomic E-state index is -0.108. The maximum Gasteiger partial charge on any atom is 0.266 e. The van der Waals surface area contributed by atoms with Crippen LogP contribution in [0, 0.1) is 17.2 Å². The van der Waals surface area contributed by atoms with E-state index in [1.165, 1.54) is 11.8 Å². The van der Waals surface area contributed by atoms with Crippen molar-refractivity contribution in [2.24, 2.45) is 5.92 Å². The lowest BCUT2D eigenvalue weighted by atomic mass is 9.96. The van der Waals surface area contributed by atoms with E-state index in [1.54, 1.807) is 30.1 Å². The lowest BCUT2D eigenvalue weighted by Crippen LogP contribution is -2.38. The molecule has 0 saturated carbocycles. The van der Waals surface area contributed by atoms with Gasteiger partial charge in [0.25, 0.3) is 5.89 Å². The van der Waals surface area contributed by atoms with Gasteiger partial charge >= 0.3 is 0 Å². The fourth-order valence-corrected chi connectivity index (χ4v) is 4.81. The van der Waals surface area contributed by atoms with E-state index in [9.17, 15) is 10.1 Å². The molecule has 0 bridgehead atoms. The number of hydrogen-bond acceptors (Lipinski definition) is 8. The SMILES string of the molecule is N#Cc1nc(-c2ccco2)oc1N1CCC(C(=O)Nc2ccc(SCc3cccnc3)cc2)CC1. The first-order valence-electron chi connectivity index (χ1n) is 11.3. The molecular formula is C26H23N5O3S. The van der Waals surface area contributed by atoms with E-state index in [0.29, 0.717) is 37.6 Å². The summed E-state index contributed by atoms with van der Waals surface area (Å²) in [5.41, 5.74) is 2.18. The molecule has 8 nitrogen and oxygen atoms in total. The number of carbonyl (C=O) groups excluding carboxylic acids is 1. The van der Waals surface area contributed by atoms with Crippen LogP contribution in [0.15, 0.2) is 80.9 Å². The number of hydrogen-bond donors (Lipinski definition) is 1. The topological polar surface area (TPSA) is 108 Å². The Morgan fingerprint density at radius 3 is 2.69 bits per heavy atom. The van der Waals surface area contributed by atoms with Crippen LogP contribution in [-0.2, 0) is 10.5 Å². The summed E-state index contributed by atoms with van der Waals surface area (Å²) >= 11 is 1.73. The molecule has 0 aliphatic carbocycles. The highest BCUT2D eigenvalue weighted by Crippen LogP contribution is 2.32. The lowest BCUT2D eigenvalue weighted by molar-refractivity contribution is -0.120. The maximum atomic E-state index is 12.8. The third-order valence-corrected chi connectivity index (χ3v) is 6.93. The van der Waals surface area contributed by atoms with Crippen molar-refractivity contribution in [3.63, 3.8) is 0 Å². The highest BCUT2D eigenvalue weighted by molar-refractivity contribution is 7.98. The molecule has 9 heteroatoms. The van der Waals surface area contributed by atoms with E-state index < -0.39 is 0 Å². The van der Waals surface area contributed by atoms with Crippen molar-refractivity contribution in [3.05, 3.63) is 78.4 Å². The van der Waals surface area contributed by atoms with Crippen molar-refractivity contribution >= 4 is 29.2 Å². The second kappa shape index (κ2) is 10.5. The molecule has 3 aromatic heterocycles. The number of carbonyl (C=O) groups is 1. The van der Waals surface area contributed by atoms with Crippen LogP contribution in [0.1, 0.15) is 24.1 Å². The van der Waals surface area contributed by atoms with Gasteiger partial charge in [0, 0.05) is 47.7 Å². The molecule has 4 heterocycles. The van der Waals surface area contributed by atoms with Crippen molar-refractivity contribution in [3.8, 4) is 17.7 Å². The third-order valence-electron chi connectivity index (χ3n) is 5.85. The molecule has 1 aliphatic rings. The van der Waals surface area contributed by atoms with Gasteiger partial charge in [0.15, 0.2) is 5.76 Å². The van der Waals surface area contributed by atoms with Gasteiger partial charge in [-0.3, -0.25) is 9.78 Å². The molecule has 1 N–H and O–H groups in total. The minimum Gasteiger partial charge on any atom is -0.459 e. The summed E-state index contributed by atoms with van der Waals surface area (Å²) in [6, 6.07) is 17.5. The average Bonchev–Trinajstić information content (AvgIpc) is 3.59. The van der Waals surface area contributed by atoms with Crippen LogP contribution in [-0.4, -0.2) is 29.0 Å². The Kier molecular flexibility index (Phi) is 6.82. The predicted molar refractivity (Wildman–Crippen MR) is 133 cm³/mol. The molecule has 0 radical (unpaired) electrons. The number of rotatable bonds is 7. The number of nitrogens with zero attached hydrogens (tertiary/aromatic N) is 4. The van der Waals surface area contributed by atoms with E-state index in [1.807, 2.05) is 41.4 Å². The van der Waals surface area contributed by atoms with E-state index >= 15 is 0 Å². The minimum absolute atomic E-state index is 0.00904. The Balaban J connectivity index is 1.14. The highest BCUT2D eigenvalue weighted by atomic mass is 32.2. The zero-order valence-electron chi connectivity index (χ0n) is 18.9. The number of aromatic nitrogens is 2. The number of amides is 1. The first kappa shape index (κ1) is 22.7. The van der Waals surface area contributed by atoms with Crippen LogP contribution < -0.4 is 10.2 Å². The summed E-state index contributed by atoms with van der Waals surface area (Å²) < 4.78 is 11.2. The monoisotopic (exact) mass is 485 g/mol. The molecular weight excluding hydrogens is 462 g/mol. The number of anilines is 2. The number of thioether (sulfide) groups is 1. The molecule has 1 fully saturated rings. The molecule has 4 aromatic rings. The Morgan fingerprint density at radius 1 is 1.17 bits per heavy atom. The molecule has 35 heavy (non-hydrogen) atoms. The van der Waals surface area contributed by atoms with Crippen molar-refractivity contribution in [1.82, 2.24) is 9.97 Å². The number of furan rings is 1. The van der Waals surface area contributed by atoms with Gasteiger partial charge in [0.1, 0.15) is 6.07 Å². The van der Waals surface area contributed by atoms with Crippen molar-refractivity contribution < 1.29 is 13.6 Å². The fourth-order valence-electron chi connectivity index (χ4n) is 3.98. The number of nitrogens with one attached hydrogen (secondary N) is 1.